The van der Waals surface area contributed by atoms with Gasteiger partial charge in [-0.15, -0.1) is 0 Å². The molecule has 0 radical (unpaired) electrons. The van der Waals surface area contributed by atoms with Crippen molar-refractivity contribution in [3.63, 3.8) is 0 Å². The van der Waals surface area contributed by atoms with Crippen molar-refractivity contribution in [3.05, 3.63) is 53.6 Å². The van der Waals surface area contributed by atoms with Crippen LogP contribution in [-0.4, -0.2) is 60.4 Å². The van der Waals surface area contributed by atoms with Gasteiger partial charge in [0.25, 0.3) is 0 Å². The zero-order valence-electron chi connectivity index (χ0n) is 19.8. The molecule has 2 aliphatic heterocycles. The molecule has 0 saturated carbocycles. The minimum Gasteiger partial charge on any atom is -0.368 e. The lowest BCUT2D eigenvalue weighted by Crippen LogP contribution is -2.49. The second-order valence-corrected chi connectivity index (χ2v) is 10.8. The number of piperazine rings is 1. The van der Waals surface area contributed by atoms with Gasteiger partial charge in [0, 0.05) is 49.2 Å². The first-order valence-corrected chi connectivity index (χ1v) is 12.6. The predicted molar refractivity (Wildman–Crippen MR) is 137 cm³/mol. The fourth-order valence-corrected chi connectivity index (χ4v) is 5.91. The van der Waals surface area contributed by atoms with Gasteiger partial charge in [-0.25, -0.2) is 0 Å². The van der Waals surface area contributed by atoms with Crippen molar-refractivity contribution in [2.45, 2.75) is 26.7 Å². The summed E-state index contributed by atoms with van der Waals surface area (Å²) < 4.78 is 5.95. The highest BCUT2D eigenvalue weighted by Gasteiger charge is 2.39. The first-order valence-electron chi connectivity index (χ1n) is 11.9. The number of carbonyl (C=O) groups excluding carboxylic acids is 2. The number of rotatable bonds is 6. The van der Waals surface area contributed by atoms with Crippen LogP contribution in [0.1, 0.15) is 25.0 Å². The van der Waals surface area contributed by atoms with Crippen LogP contribution in [0.3, 0.4) is 0 Å². The topological polar surface area (TPSA) is 82.8 Å². The van der Waals surface area contributed by atoms with Crippen LogP contribution in [0.2, 0.25) is 0 Å². The molecular formula is C26H31N5O2S. The quantitative estimate of drug-likeness (QED) is 0.590. The summed E-state index contributed by atoms with van der Waals surface area (Å²) in [6.07, 6.45) is 1.63. The summed E-state index contributed by atoms with van der Waals surface area (Å²) in [4.78, 5) is 30.9. The van der Waals surface area contributed by atoms with Crippen LogP contribution in [-0.2, 0) is 22.4 Å². The van der Waals surface area contributed by atoms with E-state index in [0.29, 0.717) is 6.42 Å². The summed E-state index contributed by atoms with van der Waals surface area (Å²) in [5, 5.41) is 1.25. The normalized spacial score (nSPS) is 18.4. The summed E-state index contributed by atoms with van der Waals surface area (Å²) in [5.41, 5.74) is 8.06. The fourth-order valence-electron chi connectivity index (χ4n) is 5.11. The molecule has 8 heteroatoms. The van der Waals surface area contributed by atoms with E-state index in [1.54, 1.807) is 16.4 Å². The van der Waals surface area contributed by atoms with Crippen molar-refractivity contribution in [2.24, 2.45) is 11.1 Å². The van der Waals surface area contributed by atoms with Crippen LogP contribution in [0, 0.1) is 5.41 Å². The van der Waals surface area contributed by atoms with Gasteiger partial charge in [0.1, 0.15) is 12.4 Å². The van der Waals surface area contributed by atoms with Gasteiger partial charge in [0.05, 0.1) is 4.70 Å². The highest BCUT2D eigenvalue weighted by Crippen LogP contribution is 2.37. The van der Waals surface area contributed by atoms with E-state index < -0.39 is 11.3 Å². The van der Waals surface area contributed by atoms with Crippen molar-refractivity contribution < 1.29 is 9.59 Å². The van der Waals surface area contributed by atoms with Crippen LogP contribution in [0.5, 0.6) is 0 Å². The zero-order valence-corrected chi connectivity index (χ0v) is 20.6. The first-order chi connectivity index (χ1) is 16.3. The molecule has 0 spiro atoms. The number of anilines is 2. The van der Waals surface area contributed by atoms with E-state index >= 15 is 0 Å². The number of fused-ring (bicyclic) bond motifs is 2. The first kappa shape index (κ1) is 22.8. The minimum absolute atomic E-state index is 0.0442. The number of carbonyl (C=O) groups is 2. The number of hydrogen-bond acceptors (Lipinski definition) is 6. The molecule has 0 bridgehead atoms. The van der Waals surface area contributed by atoms with Gasteiger partial charge in [-0.3, -0.25) is 14.5 Å². The molecule has 0 unspecified atom stereocenters. The Kier molecular flexibility index (Phi) is 6.04. The number of aromatic nitrogens is 1. The molecule has 2 aliphatic rings. The highest BCUT2D eigenvalue weighted by atomic mass is 32.1. The van der Waals surface area contributed by atoms with E-state index in [1.165, 1.54) is 15.6 Å². The van der Waals surface area contributed by atoms with E-state index in [2.05, 4.69) is 46.2 Å². The van der Waals surface area contributed by atoms with Gasteiger partial charge in [0.15, 0.2) is 0 Å². The van der Waals surface area contributed by atoms with Crippen LogP contribution >= 0.6 is 11.5 Å². The van der Waals surface area contributed by atoms with Crippen molar-refractivity contribution in [2.75, 3.05) is 49.1 Å². The number of nitrogens with zero attached hydrogens (tertiary/aromatic N) is 4. The molecule has 2 N–H and O–H groups in total. The maximum absolute atomic E-state index is 12.9. The summed E-state index contributed by atoms with van der Waals surface area (Å²) >= 11 is 1.57. The molecule has 1 saturated heterocycles. The Bertz CT molecular complexity index is 1230. The zero-order chi connectivity index (χ0) is 23.9. The third-order valence-electron chi connectivity index (χ3n) is 6.95. The Hall–Kier alpha value is -2.97. The molecule has 1 aromatic heterocycles. The van der Waals surface area contributed by atoms with Gasteiger partial charge >= 0.3 is 0 Å². The Morgan fingerprint density at radius 3 is 2.65 bits per heavy atom. The second-order valence-electron chi connectivity index (χ2n) is 9.96. The Labute approximate surface area is 204 Å². The molecule has 178 valence electrons. The summed E-state index contributed by atoms with van der Waals surface area (Å²) in [7, 11) is 0. The molecule has 2 amide bonds. The van der Waals surface area contributed by atoms with Crippen molar-refractivity contribution in [1.82, 2.24) is 9.27 Å². The van der Waals surface area contributed by atoms with Crippen LogP contribution in [0.15, 0.2) is 42.5 Å². The molecule has 3 aromatic rings. The predicted octanol–water partition coefficient (Wildman–Crippen LogP) is 3.06. The molecule has 7 nitrogen and oxygen atoms in total. The van der Waals surface area contributed by atoms with E-state index in [4.69, 9.17) is 10.1 Å². The van der Waals surface area contributed by atoms with E-state index in [-0.39, 0.29) is 12.5 Å². The molecular weight excluding hydrogens is 446 g/mol. The molecule has 0 atom stereocenters. The van der Waals surface area contributed by atoms with Gasteiger partial charge in [-0.2, -0.15) is 4.37 Å². The third-order valence-corrected chi connectivity index (χ3v) is 7.77. The fraction of sp³-hybridized carbons (Fsp3) is 0.423. The maximum atomic E-state index is 12.9. The molecule has 2 aromatic carbocycles. The van der Waals surface area contributed by atoms with Crippen molar-refractivity contribution in [3.8, 4) is 0 Å². The smallest absolute Gasteiger partial charge is 0.237 e. The maximum Gasteiger partial charge on any atom is 0.237 e. The summed E-state index contributed by atoms with van der Waals surface area (Å²) in [6.45, 7) is 8.79. The SMILES string of the molecule is CC1(C)Cc2cc(CCN3CCN(c4nsc5ccccc45)CC3)ccc2N(CC(N)=O)C1=O. The molecule has 1 fully saturated rings. The van der Waals surface area contributed by atoms with Gasteiger partial charge in [-0.05, 0) is 53.7 Å². The van der Waals surface area contributed by atoms with Gasteiger partial charge < -0.3 is 15.5 Å². The van der Waals surface area contributed by atoms with Crippen LogP contribution in [0.25, 0.3) is 10.1 Å². The largest absolute Gasteiger partial charge is 0.368 e. The number of nitrogens with two attached hydrogens (primary N) is 1. The summed E-state index contributed by atoms with van der Waals surface area (Å²) in [5.74, 6) is 0.579. The molecule has 34 heavy (non-hydrogen) atoms. The minimum atomic E-state index is -0.544. The van der Waals surface area contributed by atoms with Gasteiger partial charge in [-0.1, -0.05) is 38.1 Å². The monoisotopic (exact) mass is 477 g/mol. The van der Waals surface area contributed by atoms with E-state index in [0.717, 1.165) is 56.2 Å². The van der Waals surface area contributed by atoms with Crippen LogP contribution in [0.4, 0.5) is 11.5 Å². The Balaban J connectivity index is 1.22. The standard InChI is InChI=1S/C26H31N5O2S/c1-26(2)16-19-15-18(7-8-21(19)31(25(26)33)17-23(27)32)9-10-29-11-13-30(14-12-29)24-20-5-3-4-6-22(20)34-28-24/h3-8,15H,9-14,16-17H2,1-2H3,(H2,27,32). The number of primary amides is 1. The number of hydrogen-bond donors (Lipinski definition) is 1. The Morgan fingerprint density at radius 2 is 1.88 bits per heavy atom. The lowest BCUT2D eigenvalue weighted by Gasteiger charge is -2.38. The highest BCUT2D eigenvalue weighted by molar-refractivity contribution is 7.13. The second kappa shape index (κ2) is 9.00. The molecule has 0 aliphatic carbocycles. The number of amides is 2. The van der Waals surface area contributed by atoms with Crippen molar-refractivity contribution >= 4 is 44.9 Å². The van der Waals surface area contributed by atoms with Gasteiger partial charge in [0.2, 0.25) is 11.8 Å². The Morgan fingerprint density at radius 1 is 1.12 bits per heavy atom. The third kappa shape index (κ3) is 4.40. The summed E-state index contributed by atoms with van der Waals surface area (Å²) in [6, 6.07) is 14.7. The lowest BCUT2D eigenvalue weighted by molar-refractivity contribution is -0.128. The molecule has 5 rings (SSSR count). The lowest BCUT2D eigenvalue weighted by atomic mass is 9.79. The average Bonchev–Trinajstić information content (AvgIpc) is 3.25. The van der Waals surface area contributed by atoms with Crippen molar-refractivity contribution in [1.29, 1.82) is 0 Å². The molecule has 3 heterocycles. The average molecular weight is 478 g/mol. The van der Waals surface area contributed by atoms with E-state index in [1.807, 2.05) is 19.9 Å². The van der Waals surface area contributed by atoms with Crippen LogP contribution < -0.4 is 15.5 Å². The number of benzene rings is 2. The van der Waals surface area contributed by atoms with E-state index in [9.17, 15) is 9.59 Å².